The van der Waals surface area contributed by atoms with Crippen molar-refractivity contribution >= 4 is 29.0 Å². The van der Waals surface area contributed by atoms with Gasteiger partial charge >= 0.3 is 0 Å². The van der Waals surface area contributed by atoms with E-state index in [0.29, 0.717) is 22.5 Å². The van der Waals surface area contributed by atoms with Crippen molar-refractivity contribution in [3.63, 3.8) is 0 Å². The lowest BCUT2D eigenvalue weighted by molar-refractivity contribution is 0.684. The van der Waals surface area contributed by atoms with E-state index in [0.717, 1.165) is 22.4 Å². The summed E-state index contributed by atoms with van der Waals surface area (Å²) in [7, 11) is 1.81. The van der Waals surface area contributed by atoms with Gasteiger partial charge in [-0.15, -0.1) is 0 Å². The number of pyridine rings is 1. The van der Waals surface area contributed by atoms with Crippen LogP contribution in [0.15, 0.2) is 24.7 Å². The first-order chi connectivity index (χ1) is 10.5. The van der Waals surface area contributed by atoms with Crippen molar-refractivity contribution < 1.29 is 0 Å². The fraction of sp³-hybridized carbons (Fsp3) is 0.214. The highest BCUT2D eigenvalue weighted by Gasteiger charge is 2.13. The molecule has 0 bridgehead atoms. The number of aromatic nitrogens is 5. The molecule has 2 N–H and O–H groups in total. The van der Waals surface area contributed by atoms with Gasteiger partial charge in [0.1, 0.15) is 11.0 Å². The second kappa shape index (κ2) is 5.62. The molecule has 114 valence electrons. The molecule has 22 heavy (non-hydrogen) atoms. The van der Waals surface area contributed by atoms with E-state index in [1.54, 1.807) is 21.6 Å². The molecule has 0 aliphatic heterocycles. The third-order valence-corrected chi connectivity index (χ3v) is 4.18. The minimum atomic E-state index is 0.415. The predicted octanol–water partition coefficient (Wildman–Crippen LogP) is 2.92. The highest BCUT2D eigenvalue weighted by molar-refractivity contribution is 6.33. The average Bonchev–Trinajstić information content (AvgIpc) is 3.03. The second-order valence-electron chi connectivity index (χ2n) is 4.99. The Balaban J connectivity index is 1.92. The van der Waals surface area contributed by atoms with Crippen LogP contribution in [0.4, 0.5) is 5.82 Å². The van der Waals surface area contributed by atoms with Crippen molar-refractivity contribution in [2.24, 2.45) is 7.05 Å². The third-order valence-electron chi connectivity index (χ3n) is 3.41. The van der Waals surface area contributed by atoms with Crippen molar-refractivity contribution in [3.05, 3.63) is 46.1 Å². The molecule has 0 radical (unpaired) electrons. The Morgan fingerprint density at radius 2 is 2.05 bits per heavy atom. The Bertz CT molecular complexity index is 836. The van der Waals surface area contributed by atoms with Crippen molar-refractivity contribution in [2.45, 2.75) is 13.5 Å². The van der Waals surface area contributed by atoms with Crippen LogP contribution < -0.4 is 5.73 Å². The quantitative estimate of drug-likeness (QED) is 0.797. The van der Waals surface area contributed by atoms with Gasteiger partial charge in [-0.3, -0.25) is 9.36 Å². The number of rotatable bonds is 3. The fourth-order valence-corrected chi connectivity index (χ4v) is 2.73. The van der Waals surface area contributed by atoms with Gasteiger partial charge in [-0.05, 0) is 13.0 Å². The van der Waals surface area contributed by atoms with Gasteiger partial charge in [-0.2, -0.15) is 10.2 Å². The Kier molecular flexibility index (Phi) is 3.80. The minimum Gasteiger partial charge on any atom is -0.384 e. The molecule has 0 unspecified atom stereocenters. The predicted molar refractivity (Wildman–Crippen MR) is 86.9 cm³/mol. The van der Waals surface area contributed by atoms with E-state index < -0.39 is 0 Å². The van der Waals surface area contributed by atoms with E-state index >= 15 is 0 Å². The number of hydrogen-bond acceptors (Lipinski definition) is 4. The van der Waals surface area contributed by atoms with Gasteiger partial charge in [0.25, 0.3) is 0 Å². The first-order valence-corrected chi connectivity index (χ1v) is 7.33. The van der Waals surface area contributed by atoms with Crippen molar-refractivity contribution in [1.82, 2.24) is 24.5 Å². The molecule has 0 saturated heterocycles. The zero-order chi connectivity index (χ0) is 15.9. The number of nitrogens with zero attached hydrogens (tertiary/aromatic N) is 5. The lowest BCUT2D eigenvalue weighted by Crippen LogP contribution is -2.01. The van der Waals surface area contributed by atoms with E-state index in [4.69, 9.17) is 28.9 Å². The van der Waals surface area contributed by atoms with Gasteiger partial charge in [0.05, 0.1) is 23.5 Å². The highest BCUT2D eigenvalue weighted by Crippen LogP contribution is 2.28. The van der Waals surface area contributed by atoms with Crippen molar-refractivity contribution in [3.8, 4) is 11.1 Å². The smallest absolute Gasteiger partial charge is 0.132 e. The molecular weight excluding hydrogens is 323 g/mol. The maximum absolute atomic E-state index is 6.25. The van der Waals surface area contributed by atoms with Gasteiger partial charge in [-0.1, -0.05) is 23.2 Å². The largest absolute Gasteiger partial charge is 0.384 e. The Morgan fingerprint density at radius 3 is 2.73 bits per heavy atom. The molecule has 0 saturated carbocycles. The van der Waals surface area contributed by atoms with Gasteiger partial charge < -0.3 is 5.73 Å². The van der Waals surface area contributed by atoms with Crippen LogP contribution in [0.2, 0.25) is 10.2 Å². The molecule has 0 aliphatic carbocycles. The molecule has 0 atom stereocenters. The molecule has 3 aromatic rings. The van der Waals surface area contributed by atoms with E-state index in [9.17, 15) is 0 Å². The lowest BCUT2D eigenvalue weighted by Gasteiger charge is -2.03. The summed E-state index contributed by atoms with van der Waals surface area (Å²) in [6.07, 6.45) is 5.16. The van der Waals surface area contributed by atoms with E-state index in [2.05, 4.69) is 15.2 Å². The number of aryl methyl sites for hydroxylation is 2. The first-order valence-electron chi connectivity index (χ1n) is 6.57. The standard InChI is InChI=1S/C14H14Cl2N6/c1-8-11(14(16)21(2)20-8)7-22-6-9(4-19-22)10-3-13(17)18-5-12(10)15/h3-6H,7H2,1-2H3,(H2,17,18). The molecule has 3 rings (SSSR count). The van der Waals surface area contributed by atoms with Crippen LogP contribution in [0.5, 0.6) is 0 Å². The molecule has 0 amide bonds. The number of hydrogen-bond donors (Lipinski definition) is 1. The van der Waals surface area contributed by atoms with Crippen LogP contribution in [-0.2, 0) is 13.6 Å². The van der Waals surface area contributed by atoms with Gasteiger partial charge in [-0.25, -0.2) is 4.98 Å². The number of halogens is 2. The normalized spacial score (nSPS) is 11.1. The number of nitrogens with two attached hydrogens (primary N) is 1. The molecule has 0 fully saturated rings. The van der Waals surface area contributed by atoms with Crippen LogP contribution >= 0.6 is 23.2 Å². The maximum atomic E-state index is 6.25. The maximum Gasteiger partial charge on any atom is 0.132 e. The summed E-state index contributed by atoms with van der Waals surface area (Å²) < 4.78 is 3.44. The number of anilines is 1. The summed E-state index contributed by atoms with van der Waals surface area (Å²) in [5, 5.41) is 9.79. The second-order valence-corrected chi connectivity index (χ2v) is 5.76. The molecule has 0 aliphatic rings. The van der Waals surface area contributed by atoms with Gasteiger partial charge in [0, 0.05) is 36.1 Å². The molecule has 8 heteroatoms. The number of nitrogen functional groups attached to an aromatic ring is 1. The zero-order valence-electron chi connectivity index (χ0n) is 12.1. The van der Waals surface area contributed by atoms with Crippen LogP contribution in [0.25, 0.3) is 11.1 Å². The van der Waals surface area contributed by atoms with E-state index in [1.165, 1.54) is 6.20 Å². The van der Waals surface area contributed by atoms with E-state index in [-0.39, 0.29) is 0 Å². The Morgan fingerprint density at radius 1 is 1.27 bits per heavy atom. The molecule has 6 nitrogen and oxygen atoms in total. The summed E-state index contributed by atoms with van der Waals surface area (Å²) in [6, 6.07) is 1.73. The lowest BCUT2D eigenvalue weighted by atomic mass is 10.1. The summed E-state index contributed by atoms with van der Waals surface area (Å²) >= 11 is 12.4. The summed E-state index contributed by atoms with van der Waals surface area (Å²) in [6.45, 7) is 2.46. The minimum absolute atomic E-state index is 0.415. The SMILES string of the molecule is Cc1nn(C)c(Cl)c1Cn1cc(-c2cc(N)ncc2Cl)cn1. The van der Waals surface area contributed by atoms with Crippen LogP contribution in [-0.4, -0.2) is 24.5 Å². The molecule has 0 aromatic carbocycles. The Hall–Kier alpha value is -2.05. The molecular formula is C14H14Cl2N6. The molecule has 3 heterocycles. The van der Waals surface area contributed by atoms with Crippen LogP contribution in [0, 0.1) is 6.92 Å². The molecule has 3 aromatic heterocycles. The van der Waals surface area contributed by atoms with Crippen molar-refractivity contribution in [2.75, 3.05) is 5.73 Å². The monoisotopic (exact) mass is 336 g/mol. The average molecular weight is 337 g/mol. The zero-order valence-corrected chi connectivity index (χ0v) is 13.6. The molecule has 0 spiro atoms. The summed E-state index contributed by atoms with van der Waals surface area (Å²) in [5.41, 5.74) is 9.21. The fourth-order valence-electron chi connectivity index (χ4n) is 2.28. The topological polar surface area (TPSA) is 74.5 Å². The first kappa shape index (κ1) is 14.9. The van der Waals surface area contributed by atoms with Crippen molar-refractivity contribution in [1.29, 1.82) is 0 Å². The summed E-state index contributed by atoms with van der Waals surface area (Å²) in [5.74, 6) is 0.415. The van der Waals surface area contributed by atoms with E-state index in [1.807, 2.05) is 20.2 Å². The van der Waals surface area contributed by atoms with Gasteiger partial charge in [0.15, 0.2) is 0 Å². The highest BCUT2D eigenvalue weighted by atomic mass is 35.5. The Labute approximate surface area is 137 Å². The van der Waals surface area contributed by atoms with Crippen LogP contribution in [0.3, 0.4) is 0 Å². The van der Waals surface area contributed by atoms with Gasteiger partial charge in [0.2, 0.25) is 0 Å². The third kappa shape index (κ3) is 2.67. The van der Waals surface area contributed by atoms with Crippen LogP contribution in [0.1, 0.15) is 11.3 Å². The summed E-state index contributed by atoms with van der Waals surface area (Å²) in [4.78, 5) is 3.96.